The standard InChI is InChI=1S/C15H10Cl3F13Si/c1-2-9(32(16,17)18)7-5-3-4-6-8(7)10(19,20)11(21,22)12(23,24)13(25,26)14(27,28)15(29,30)31/h3-6,9H,2H2,1H3. The maximum Gasteiger partial charge on any atom is 0.460 e. The van der Waals surface area contributed by atoms with Crippen LogP contribution in [0, 0.1) is 0 Å². The number of alkyl halides is 13. The van der Waals surface area contributed by atoms with Gasteiger partial charge < -0.3 is 0 Å². The molecule has 0 saturated carbocycles. The van der Waals surface area contributed by atoms with Gasteiger partial charge in [0.1, 0.15) is 0 Å². The zero-order valence-corrected chi connectivity index (χ0v) is 18.4. The minimum atomic E-state index is -7.98. The van der Waals surface area contributed by atoms with Crippen LogP contribution in [0.5, 0.6) is 0 Å². The minimum absolute atomic E-state index is 0.0484. The van der Waals surface area contributed by atoms with Gasteiger partial charge in [-0.15, -0.1) is 33.2 Å². The fourth-order valence-electron chi connectivity index (χ4n) is 2.65. The molecule has 0 fully saturated rings. The smallest absolute Gasteiger partial charge is 0.194 e. The maximum absolute atomic E-state index is 14.6. The highest BCUT2D eigenvalue weighted by atomic mass is 35.8. The summed E-state index contributed by atoms with van der Waals surface area (Å²) in [6, 6.07) is -1.96. The van der Waals surface area contributed by atoms with Gasteiger partial charge in [0, 0.05) is 11.1 Å². The van der Waals surface area contributed by atoms with Gasteiger partial charge in [-0.3, -0.25) is 0 Å². The molecule has 1 rings (SSSR count). The maximum atomic E-state index is 14.6. The molecule has 1 atom stereocenters. The molecule has 186 valence electrons. The van der Waals surface area contributed by atoms with Crippen molar-refractivity contribution in [2.24, 2.45) is 0 Å². The summed E-state index contributed by atoms with van der Waals surface area (Å²) < 4.78 is 174. The summed E-state index contributed by atoms with van der Waals surface area (Å²) in [5.74, 6) is -37.5. The van der Waals surface area contributed by atoms with E-state index in [9.17, 15) is 57.1 Å². The third kappa shape index (κ3) is 4.40. The van der Waals surface area contributed by atoms with Gasteiger partial charge in [0.2, 0.25) is 0 Å². The Bertz CT molecular complexity index is 818. The van der Waals surface area contributed by atoms with Gasteiger partial charge in [-0.2, -0.15) is 57.1 Å². The van der Waals surface area contributed by atoms with Crippen LogP contribution in [0.4, 0.5) is 57.1 Å². The van der Waals surface area contributed by atoms with Crippen LogP contribution in [0.15, 0.2) is 24.3 Å². The van der Waals surface area contributed by atoms with Crippen molar-refractivity contribution < 1.29 is 57.1 Å². The van der Waals surface area contributed by atoms with E-state index in [0.29, 0.717) is 12.1 Å². The lowest BCUT2D eigenvalue weighted by molar-refractivity contribution is -0.441. The predicted molar refractivity (Wildman–Crippen MR) is 92.5 cm³/mol. The van der Waals surface area contributed by atoms with Crippen molar-refractivity contribution in [3.63, 3.8) is 0 Å². The van der Waals surface area contributed by atoms with Crippen molar-refractivity contribution in [3.05, 3.63) is 35.4 Å². The normalized spacial score (nSPS) is 16.3. The van der Waals surface area contributed by atoms with E-state index in [-0.39, 0.29) is 12.5 Å². The van der Waals surface area contributed by atoms with Gasteiger partial charge in [0.25, 0.3) is 0 Å². The van der Waals surface area contributed by atoms with Crippen LogP contribution in [0.3, 0.4) is 0 Å². The van der Waals surface area contributed by atoms with Gasteiger partial charge in [0.15, 0.2) is 0 Å². The lowest BCUT2D eigenvalue weighted by Gasteiger charge is -2.40. The Balaban J connectivity index is 3.79. The van der Waals surface area contributed by atoms with E-state index >= 15 is 0 Å². The second-order valence-corrected chi connectivity index (χ2v) is 15.3. The lowest BCUT2D eigenvalue weighted by Crippen LogP contribution is -2.69. The number of benzene rings is 1. The van der Waals surface area contributed by atoms with Crippen molar-refractivity contribution in [2.45, 2.75) is 54.7 Å². The summed E-state index contributed by atoms with van der Waals surface area (Å²) in [5, 5.41) is 0. The van der Waals surface area contributed by atoms with Crippen molar-refractivity contribution in [1.82, 2.24) is 0 Å². The first-order chi connectivity index (χ1) is 13.9. The van der Waals surface area contributed by atoms with Crippen LogP contribution < -0.4 is 0 Å². The molecule has 0 nitrogen and oxygen atoms in total. The van der Waals surface area contributed by atoms with Crippen molar-refractivity contribution in [2.75, 3.05) is 0 Å². The fourth-order valence-corrected chi connectivity index (χ4v) is 6.17. The molecule has 32 heavy (non-hydrogen) atoms. The first kappa shape index (κ1) is 29.4. The summed E-state index contributed by atoms with van der Waals surface area (Å²) in [7, 11) is 0. The second-order valence-electron chi connectivity index (χ2n) is 6.46. The largest absolute Gasteiger partial charge is 0.460 e. The number of hydrogen-bond donors (Lipinski definition) is 0. The molecule has 0 aliphatic heterocycles. The zero-order chi connectivity index (χ0) is 25.8. The van der Waals surface area contributed by atoms with Crippen molar-refractivity contribution in [1.29, 1.82) is 0 Å². The molecule has 0 heterocycles. The molecular weight excluding hydrogens is 562 g/mol. The summed E-state index contributed by atoms with van der Waals surface area (Å²) in [4.78, 5) is 0. The quantitative estimate of drug-likeness (QED) is 0.167. The Kier molecular flexibility index (Phi) is 7.87. The topological polar surface area (TPSA) is 0 Å². The molecule has 17 heteroatoms. The fraction of sp³-hybridized carbons (Fsp3) is 0.600. The van der Waals surface area contributed by atoms with E-state index < -0.39 is 58.5 Å². The monoisotopic (exact) mass is 570 g/mol. The highest BCUT2D eigenvalue weighted by Gasteiger charge is 2.91. The predicted octanol–water partition coefficient (Wildman–Crippen LogP) is 8.57. The third-order valence-electron chi connectivity index (χ3n) is 4.41. The second kappa shape index (κ2) is 8.56. The Morgan fingerprint density at radius 2 is 1.09 bits per heavy atom. The molecule has 0 N–H and O–H groups in total. The molecule has 0 aliphatic carbocycles. The van der Waals surface area contributed by atoms with Gasteiger partial charge in [-0.1, -0.05) is 31.2 Å². The highest BCUT2D eigenvalue weighted by molar-refractivity contribution is 7.65. The SMILES string of the molecule is CCC(c1ccccc1C(F)(F)C(F)(F)C(F)(F)C(F)(F)C(F)(F)C(F)(F)F)[Si](Cl)(Cl)Cl. The summed E-state index contributed by atoms with van der Waals surface area (Å²) in [5.41, 5.74) is -4.70. The molecule has 0 aromatic heterocycles. The van der Waals surface area contributed by atoms with E-state index in [1.807, 2.05) is 0 Å². The number of hydrogen-bond acceptors (Lipinski definition) is 0. The molecule has 0 amide bonds. The molecule has 1 unspecified atom stereocenters. The van der Waals surface area contributed by atoms with Crippen LogP contribution >= 0.6 is 33.2 Å². The molecule has 0 radical (unpaired) electrons. The van der Waals surface area contributed by atoms with Gasteiger partial charge >= 0.3 is 41.8 Å². The van der Waals surface area contributed by atoms with Crippen LogP contribution in [0.25, 0.3) is 0 Å². The Morgan fingerprint density at radius 1 is 0.688 bits per heavy atom. The average molecular weight is 572 g/mol. The molecule has 0 aliphatic rings. The molecule has 0 saturated heterocycles. The Morgan fingerprint density at radius 3 is 1.47 bits per heavy atom. The summed E-state index contributed by atoms with van der Waals surface area (Å²) in [6.45, 7) is 1.21. The number of halogens is 16. The summed E-state index contributed by atoms with van der Waals surface area (Å²) >= 11 is 17.1. The minimum Gasteiger partial charge on any atom is -0.194 e. The van der Waals surface area contributed by atoms with Gasteiger partial charge in [-0.25, -0.2) is 0 Å². The van der Waals surface area contributed by atoms with Crippen LogP contribution in [0.1, 0.15) is 30.0 Å². The van der Waals surface area contributed by atoms with Gasteiger partial charge in [-0.05, 0) is 12.0 Å². The van der Waals surface area contributed by atoms with E-state index in [0.717, 1.165) is 6.07 Å². The number of rotatable bonds is 8. The lowest BCUT2D eigenvalue weighted by atomic mass is 9.87. The van der Waals surface area contributed by atoms with Crippen molar-refractivity contribution >= 4 is 39.2 Å². The van der Waals surface area contributed by atoms with E-state index in [2.05, 4.69) is 0 Å². The van der Waals surface area contributed by atoms with Crippen LogP contribution in [0.2, 0.25) is 0 Å². The molecule has 0 bridgehead atoms. The van der Waals surface area contributed by atoms with Crippen LogP contribution in [-0.4, -0.2) is 35.9 Å². The van der Waals surface area contributed by atoms with E-state index in [4.69, 9.17) is 33.2 Å². The summed E-state index contributed by atoms with van der Waals surface area (Å²) in [6.07, 6.45) is -7.82. The van der Waals surface area contributed by atoms with E-state index in [1.54, 1.807) is 0 Å². The van der Waals surface area contributed by atoms with Crippen molar-refractivity contribution in [3.8, 4) is 0 Å². The van der Waals surface area contributed by atoms with Crippen LogP contribution in [-0.2, 0) is 5.92 Å². The molecule has 1 aromatic carbocycles. The molecule has 0 spiro atoms. The molecule has 1 aromatic rings. The first-order valence-electron chi connectivity index (χ1n) is 8.04. The van der Waals surface area contributed by atoms with E-state index in [1.165, 1.54) is 6.92 Å². The van der Waals surface area contributed by atoms with Gasteiger partial charge in [0.05, 0.1) is 0 Å². The highest BCUT2D eigenvalue weighted by Crippen LogP contribution is 2.62. The zero-order valence-electron chi connectivity index (χ0n) is 15.1. The molecular formula is C15H10Cl3F13Si. The third-order valence-corrected chi connectivity index (χ3v) is 8.29. The Labute approximate surface area is 186 Å². The first-order valence-corrected chi connectivity index (χ1v) is 13.2. The average Bonchev–Trinajstić information content (AvgIpc) is 2.59. The Hall–Kier alpha value is -0.603.